The van der Waals surface area contributed by atoms with Crippen LogP contribution in [0.1, 0.15) is 38.2 Å². The maximum absolute atomic E-state index is 13.4. The van der Waals surface area contributed by atoms with E-state index < -0.39 is 5.41 Å². The van der Waals surface area contributed by atoms with Gasteiger partial charge in [0.2, 0.25) is 11.8 Å². The number of rotatable bonds is 4. The monoisotopic (exact) mass is 414 g/mol. The van der Waals surface area contributed by atoms with Crippen LogP contribution in [0.4, 0.5) is 11.4 Å². The number of hydrogen-bond acceptors (Lipinski definition) is 4. The zero-order valence-electron chi connectivity index (χ0n) is 16.2. The van der Waals surface area contributed by atoms with E-state index in [0.717, 1.165) is 31.2 Å². The van der Waals surface area contributed by atoms with Gasteiger partial charge in [-0.15, -0.1) is 0 Å². The maximum Gasteiger partial charge on any atom is 0.235 e. The Balaban J connectivity index is 1.61. The molecule has 1 aliphatic heterocycles. The molecule has 2 aromatic rings. The highest BCUT2D eigenvalue weighted by Gasteiger charge is 2.43. The molecule has 1 aliphatic carbocycles. The Labute approximate surface area is 174 Å². The van der Waals surface area contributed by atoms with Crippen molar-refractivity contribution in [2.45, 2.75) is 38.0 Å². The SMILES string of the molecule is CC(=O)Nc1ccc(NC(=O)C2(c3ccc4c(c3)OCCO4)CCCC2)c(Cl)c1. The number of anilines is 2. The van der Waals surface area contributed by atoms with Gasteiger partial charge in [0.1, 0.15) is 13.2 Å². The van der Waals surface area contributed by atoms with Crippen LogP contribution < -0.4 is 20.1 Å². The number of halogens is 1. The van der Waals surface area contributed by atoms with Gasteiger partial charge in [-0.05, 0) is 48.7 Å². The van der Waals surface area contributed by atoms with Crippen molar-refractivity contribution in [2.24, 2.45) is 0 Å². The molecule has 29 heavy (non-hydrogen) atoms. The predicted octanol–water partition coefficient (Wildman–Crippen LogP) is 4.52. The van der Waals surface area contributed by atoms with Crippen LogP contribution in [0.3, 0.4) is 0 Å². The van der Waals surface area contributed by atoms with E-state index in [9.17, 15) is 9.59 Å². The van der Waals surface area contributed by atoms with Gasteiger partial charge in [0.05, 0.1) is 16.1 Å². The Bertz CT molecular complexity index is 954. The molecule has 1 fully saturated rings. The second-order valence-corrected chi connectivity index (χ2v) is 7.88. The smallest absolute Gasteiger partial charge is 0.235 e. The molecule has 2 aliphatic rings. The van der Waals surface area contributed by atoms with Gasteiger partial charge < -0.3 is 20.1 Å². The number of benzene rings is 2. The molecular formula is C22H23ClN2O4. The number of hydrogen-bond donors (Lipinski definition) is 2. The van der Waals surface area contributed by atoms with E-state index in [1.54, 1.807) is 18.2 Å². The van der Waals surface area contributed by atoms with Crippen molar-refractivity contribution in [3.63, 3.8) is 0 Å². The minimum Gasteiger partial charge on any atom is -0.486 e. The van der Waals surface area contributed by atoms with E-state index in [1.807, 2.05) is 18.2 Å². The quantitative estimate of drug-likeness (QED) is 0.771. The largest absolute Gasteiger partial charge is 0.486 e. The first kappa shape index (κ1) is 19.6. The molecule has 0 radical (unpaired) electrons. The van der Waals surface area contributed by atoms with Crippen molar-refractivity contribution in [2.75, 3.05) is 23.8 Å². The second-order valence-electron chi connectivity index (χ2n) is 7.48. The summed E-state index contributed by atoms with van der Waals surface area (Å²) < 4.78 is 11.3. The van der Waals surface area contributed by atoms with Crippen molar-refractivity contribution in [1.82, 2.24) is 0 Å². The van der Waals surface area contributed by atoms with E-state index in [-0.39, 0.29) is 11.8 Å². The summed E-state index contributed by atoms with van der Waals surface area (Å²) in [4.78, 5) is 24.6. The highest BCUT2D eigenvalue weighted by atomic mass is 35.5. The second kappa shape index (κ2) is 7.95. The fourth-order valence-corrected chi connectivity index (χ4v) is 4.33. The molecule has 2 aromatic carbocycles. The van der Waals surface area contributed by atoms with E-state index in [1.165, 1.54) is 6.92 Å². The molecule has 2 amide bonds. The van der Waals surface area contributed by atoms with Crippen molar-refractivity contribution >= 4 is 34.8 Å². The van der Waals surface area contributed by atoms with Gasteiger partial charge in [-0.1, -0.05) is 30.5 Å². The number of ether oxygens (including phenoxy) is 2. The summed E-state index contributed by atoms with van der Waals surface area (Å²) in [5.41, 5.74) is 1.41. The lowest BCUT2D eigenvalue weighted by molar-refractivity contribution is -0.121. The number of fused-ring (bicyclic) bond motifs is 1. The molecule has 152 valence electrons. The molecule has 2 N–H and O–H groups in total. The zero-order valence-corrected chi connectivity index (χ0v) is 17.0. The Morgan fingerprint density at radius 3 is 2.38 bits per heavy atom. The van der Waals surface area contributed by atoms with Crippen molar-refractivity contribution < 1.29 is 19.1 Å². The topological polar surface area (TPSA) is 76.7 Å². The van der Waals surface area contributed by atoms with Gasteiger partial charge in [0, 0.05) is 12.6 Å². The first-order chi connectivity index (χ1) is 14.0. The average molecular weight is 415 g/mol. The van der Waals surface area contributed by atoms with Crippen LogP contribution in [0.5, 0.6) is 11.5 Å². The molecule has 0 bridgehead atoms. The summed E-state index contributed by atoms with van der Waals surface area (Å²) in [7, 11) is 0. The van der Waals surface area contributed by atoms with Gasteiger partial charge in [-0.25, -0.2) is 0 Å². The number of carbonyl (C=O) groups is 2. The maximum atomic E-state index is 13.4. The van der Waals surface area contributed by atoms with E-state index >= 15 is 0 Å². The van der Waals surface area contributed by atoms with Crippen LogP contribution in [0.15, 0.2) is 36.4 Å². The fraction of sp³-hybridized carbons (Fsp3) is 0.364. The minimum absolute atomic E-state index is 0.0825. The van der Waals surface area contributed by atoms with Crippen LogP contribution in [0, 0.1) is 0 Å². The lowest BCUT2D eigenvalue weighted by atomic mass is 9.77. The summed E-state index contributed by atoms with van der Waals surface area (Å²) in [6, 6.07) is 10.8. The molecule has 0 atom stereocenters. The Kier molecular flexibility index (Phi) is 5.37. The third-order valence-electron chi connectivity index (χ3n) is 5.52. The highest BCUT2D eigenvalue weighted by molar-refractivity contribution is 6.34. The molecule has 6 nitrogen and oxygen atoms in total. The van der Waals surface area contributed by atoms with Crippen molar-refractivity contribution in [1.29, 1.82) is 0 Å². The summed E-state index contributed by atoms with van der Waals surface area (Å²) in [5.74, 6) is 1.14. The van der Waals surface area contributed by atoms with Crippen LogP contribution >= 0.6 is 11.6 Å². The average Bonchev–Trinajstić information content (AvgIpc) is 3.20. The Morgan fingerprint density at radius 2 is 1.69 bits per heavy atom. The third kappa shape index (κ3) is 3.90. The standard InChI is InChI=1S/C22H23ClN2O4/c1-14(26)24-16-5-6-18(17(23)13-16)25-21(27)22(8-2-3-9-22)15-4-7-19-20(12-15)29-11-10-28-19/h4-7,12-13H,2-3,8-11H2,1H3,(H,24,26)(H,25,27). The van der Waals surface area contributed by atoms with E-state index in [2.05, 4.69) is 10.6 Å². The number of amides is 2. The molecular weight excluding hydrogens is 392 g/mol. The zero-order chi connectivity index (χ0) is 20.4. The Hall–Kier alpha value is -2.73. The molecule has 0 unspecified atom stereocenters. The van der Waals surface area contributed by atoms with Crippen LogP contribution in [-0.4, -0.2) is 25.0 Å². The lowest BCUT2D eigenvalue weighted by Gasteiger charge is -2.30. The Morgan fingerprint density at radius 1 is 0.966 bits per heavy atom. The number of carbonyl (C=O) groups excluding carboxylic acids is 2. The summed E-state index contributed by atoms with van der Waals surface area (Å²) in [6.07, 6.45) is 3.49. The first-order valence-electron chi connectivity index (χ1n) is 9.77. The summed E-state index contributed by atoms with van der Waals surface area (Å²) >= 11 is 6.35. The van der Waals surface area contributed by atoms with Crippen molar-refractivity contribution in [3.05, 3.63) is 47.0 Å². The lowest BCUT2D eigenvalue weighted by Crippen LogP contribution is -2.38. The van der Waals surface area contributed by atoms with Crippen LogP contribution in [-0.2, 0) is 15.0 Å². The molecule has 0 aromatic heterocycles. The van der Waals surface area contributed by atoms with Crippen molar-refractivity contribution in [3.8, 4) is 11.5 Å². The van der Waals surface area contributed by atoms with Gasteiger partial charge in [-0.2, -0.15) is 0 Å². The summed E-state index contributed by atoms with van der Waals surface area (Å²) in [6.45, 7) is 2.47. The molecule has 7 heteroatoms. The number of nitrogens with one attached hydrogen (secondary N) is 2. The molecule has 1 saturated carbocycles. The third-order valence-corrected chi connectivity index (χ3v) is 5.84. The van der Waals surface area contributed by atoms with Gasteiger partial charge >= 0.3 is 0 Å². The van der Waals surface area contributed by atoms with E-state index in [0.29, 0.717) is 41.1 Å². The molecule has 0 spiro atoms. The van der Waals surface area contributed by atoms with Crippen LogP contribution in [0.2, 0.25) is 5.02 Å². The van der Waals surface area contributed by atoms with Gasteiger partial charge in [-0.3, -0.25) is 9.59 Å². The first-order valence-corrected chi connectivity index (χ1v) is 10.1. The van der Waals surface area contributed by atoms with Gasteiger partial charge in [0.15, 0.2) is 11.5 Å². The predicted molar refractivity (Wildman–Crippen MR) is 112 cm³/mol. The molecule has 0 saturated heterocycles. The van der Waals surface area contributed by atoms with Gasteiger partial charge in [0.25, 0.3) is 0 Å². The highest BCUT2D eigenvalue weighted by Crippen LogP contribution is 2.45. The van der Waals surface area contributed by atoms with E-state index in [4.69, 9.17) is 21.1 Å². The normalized spacial score (nSPS) is 16.9. The molecule has 1 heterocycles. The minimum atomic E-state index is -0.629. The fourth-order valence-electron chi connectivity index (χ4n) is 4.11. The van der Waals surface area contributed by atoms with Crippen LogP contribution in [0.25, 0.3) is 0 Å². The summed E-state index contributed by atoms with van der Waals surface area (Å²) in [5, 5.41) is 6.05. The molecule has 4 rings (SSSR count).